The second-order valence-electron chi connectivity index (χ2n) is 5.06. The van der Waals surface area contributed by atoms with E-state index in [4.69, 9.17) is 22.1 Å². The van der Waals surface area contributed by atoms with Crippen molar-refractivity contribution in [3.63, 3.8) is 0 Å². The Hall–Kier alpha value is -1.86. The van der Waals surface area contributed by atoms with E-state index in [-0.39, 0.29) is 5.11 Å². The van der Waals surface area contributed by atoms with E-state index < -0.39 is 11.7 Å². The van der Waals surface area contributed by atoms with Gasteiger partial charge in [0, 0.05) is 5.56 Å². The van der Waals surface area contributed by atoms with Gasteiger partial charge in [-0.25, -0.2) is 4.79 Å². The number of carbonyl (C=O) groups is 1. The number of carbonyl (C=O) groups excluding carboxylic acids is 1. The van der Waals surface area contributed by atoms with E-state index in [0.29, 0.717) is 16.3 Å². The molecule has 1 aromatic rings. The molecule has 0 unspecified atom stereocenters. The third kappa shape index (κ3) is 6.42. The molecule has 0 saturated heterocycles. The zero-order chi connectivity index (χ0) is 16.0. The first-order valence-corrected chi connectivity index (χ1v) is 6.84. The van der Waals surface area contributed by atoms with Gasteiger partial charge in [0.2, 0.25) is 0 Å². The van der Waals surface area contributed by atoms with Gasteiger partial charge in [-0.15, -0.1) is 0 Å². The van der Waals surface area contributed by atoms with Crippen LogP contribution in [0, 0.1) is 0 Å². The highest BCUT2D eigenvalue weighted by atomic mass is 35.5. The van der Waals surface area contributed by atoms with E-state index in [9.17, 15) is 4.79 Å². The second-order valence-corrected chi connectivity index (χ2v) is 5.91. The van der Waals surface area contributed by atoms with Gasteiger partial charge >= 0.3 is 6.09 Å². The lowest BCUT2D eigenvalue weighted by molar-refractivity contribution is 0.0636. The second kappa shape index (κ2) is 7.24. The summed E-state index contributed by atoms with van der Waals surface area (Å²) in [6.07, 6.45) is 0.829. The van der Waals surface area contributed by atoms with Crippen LogP contribution in [-0.4, -0.2) is 23.0 Å². The lowest BCUT2D eigenvalue weighted by Crippen LogP contribution is -2.27. The SMILES string of the molecule is CC(C)(C)OC(=O)Nc1cccc(Cl)c1C=NNC(N)=S. The normalized spacial score (nSPS) is 11.2. The van der Waals surface area contributed by atoms with Crippen LogP contribution in [0.4, 0.5) is 10.5 Å². The fourth-order valence-electron chi connectivity index (χ4n) is 1.35. The number of hydrogen-bond acceptors (Lipinski definition) is 4. The van der Waals surface area contributed by atoms with Crippen molar-refractivity contribution in [3.8, 4) is 0 Å². The topological polar surface area (TPSA) is 88.7 Å². The monoisotopic (exact) mass is 328 g/mol. The number of halogens is 1. The number of ether oxygens (including phenoxy) is 1. The predicted molar refractivity (Wildman–Crippen MR) is 88.8 cm³/mol. The van der Waals surface area contributed by atoms with Crippen molar-refractivity contribution < 1.29 is 9.53 Å². The molecule has 8 heteroatoms. The molecular weight excluding hydrogens is 312 g/mol. The average Bonchev–Trinajstić information content (AvgIpc) is 2.29. The fraction of sp³-hybridized carbons (Fsp3) is 0.308. The number of nitrogens with two attached hydrogens (primary N) is 1. The van der Waals surface area contributed by atoms with E-state index in [0.717, 1.165) is 0 Å². The summed E-state index contributed by atoms with van der Waals surface area (Å²) >= 11 is 10.7. The summed E-state index contributed by atoms with van der Waals surface area (Å²) in [4.78, 5) is 11.8. The molecule has 1 aromatic carbocycles. The Morgan fingerprint density at radius 1 is 1.48 bits per heavy atom. The first kappa shape index (κ1) is 17.2. The van der Waals surface area contributed by atoms with Crippen LogP contribution < -0.4 is 16.5 Å². The van der Waals surface area contributed by atoms with Crippen LogP contribution >= 0.6 is 23.8 Å². The van der Waals surface area contributed by atoms with Crippen LogP contribution in [-0.2, 0) is 4.74 Å². The molecule has 0 aliphatic heterocycles. The summed E-state index contributed by atoms with van der Waals surface area (Å²) < 4.78 is 5.19. The molecule has 6 nitrogen and oxygen atoms in total. The number of hydrogen-bond donors (Lipinski definition) is 3. The molecule has 4 N–H and O–H groups in total. The lowest BCUT2D eigenvalue weighted by Gasteiger charge is -2.20. The highest BCUT2D eigenvalue weighted by molar-refractivity contribution is 7.80. The largest absolute Gasteiger partial charge is 0.444 e. The highest BCUT2D eigenvalue weighted by Gasteiger charge is 2.17. The number of rotatable bonds is 3. The van der Waals surface area contributed by atoms with Gasteiger partial charge in [0.1, 0.15) is 5.60 Å². The molecule has 0 aromatic heterocycles. The molecule has 21 heavy (non-hydrogen) atoms. The van der Waals surface area contributed by atoms with Crippen molar-refractivity contribution in [2.45, 2.75) is 26.4 Å². The summed E-state index contributed by atoms with van der Waals surface area (Å²) in [6.45, 7) is 5.33. The Morgan fingerprint density at radius 2 is 2.14 bits per heavy atom. The Kier molecular flexibility index (Phi) is 5.92. The number of anilines is 1. The van der Waals surface area contributed by atoms with Crippen molar-refractivity contribution in [2.24, 2.45) is 10.8 Å². The van der Waals surface area contributed by atoms with E-state index in [2.05, 4.69) is 28.1 Å². The smallest absolute Gasteiger partial charge is 0.412 e. The molecule has 114 valence electrons. The van der Waals surface area contributed by atoms with Crippen molar-refractivity contribution >= 4 is 46.9 Å². The van der Waals surface area contributed by atoms with E-state index in [1.165, 1.54) is 6.21 Å². The number of amides is 1. The zero-order valence-corrected chi connectivity index (χ0v) is 13.5. The molecule has 0 heterocycles. The Balaban J connectivity index is 2.92. The van der Waals surface area contributed by atoms with E-state index >= 15 is 0 Å². The number of nitrogens with zero attached hydrogens (tertiary/aromatic N) is 1. The number of nitrogens with one attached hydrogen (secondary N) is 2. The summed E-state index contributed by atoms with van der Waals surface area (Å²) in [5, 5.41) is 6.89. The molecule has 0 aliphatic rings. The third-order valence-corrected chi connectivity index (χ3v) is 2.48. The van der Waals surface area contributed by atoms with Crippen LogP contribution in [0.25, 0.3) is 0 Å². The maximum atomic E-state index is 11.8. The fourth-order valence-corrected chi connectivity index (χ4v) is 1.63. The van der Waals surface area contributed by atoms with Gasteiger partial charge in [0.25, 0.3) is 0 Å². The molecular formula is C13H17ClN4O2S. The molecule has 0 saturated carbocycles. The molecule has 0 bridgehead atoms. The van der Waals surface area contributed by atoms with Gasteiger partial charge in [0.15, 0.2) is 5.11 Å². The van der Waals surface area contributed by atoms with Gasteiger partial charge in [0.05, 0.1) is 16.9 Å². The molecule has 0 atom stereocenters. The quantitative estimate of drug-likeness (QED) is 0.451. The van der Waals surface area contributed by atoms with Crippen LogP contribution in [0.15, 0.2) is 23.3 Å². The van der Waals surface area contributed by atoms with Crippen molar-refractivity contribution in [1.82, 2.24) is 5.43 Å². The number of thiocarbonyl (C=S) groups is 1. The Bertz CT molecular complexity index is 570. The summed E-state index contributed by atoms with van der Waals surface area (Å²) in [6, 6.07) is 5.05. The first-order chi connectivity index (χ1) is 9.69. The van der Waals surface area contributed by atoms with Crippen molar-refractivity contribution in [3.05, 3.63) is 28.8 Å². The minimum absolute atomic E-state index is 0.0277. The predicted octanol–water partition coefficient (Wildman–Crippen LogP) is 2.85. The van der Waals surface area contributed by atoms with Crippen LogP contribution in [0.5, 0.6) is 0 Å². The van der Waals surface area contributed by atoms with Gasteiger partial charge < -0.3 is 10.5 Å². The van der Waals surface area contributed by atoms with Gasteiger partial charge in [-0.2, -0.15) is 5.10 Å². The van der Waals surface area contributed by atoms with Gasteiger partial charge in [-0.05, 0) is 45.1 Å². The van der Waals surface area contributed by atoms with E-state index in [1.54, 1.807) is 39.0 Å². The third-order valence-electron chi connectivity index (χ3n) is 2.06. The maximum absolute atomic E-state index is 11.8. The minimum atomic E-state index is -0.593. The number of benzene rings is 1. The van der Waals surface area contributed by atoms with Crippen LogP contribution in [0.3, 0.4) is 0 Å². The highest BCUT2D eigenvalue weighted by Crippen LogP contribution is 2.23. The molecule has 1 rings (SSSR count). The van der Waals surface area contributed by atoms with E-state index in [1.807, 2.05) is 0 Å². The lowest BCUT2D eigenvalue weighted by atomic mass is 10.2. The van der Waals surface area contributed by atoms with Gasteiger partial charge in [-0.3, -0.25) is 10.7 Å². The van der Waals surface area contributed by atoms with Crippen molar-refractivity contribution in [2.75, 3.05) is 5.32 Å². The molecule has 0 fully saturated rings. The van der Waals surface area contributed by atoms with Crippen molar-refractivity contribution in [1.29, 1.82) is 0 Å². The summed E-state index contributed by atoms with van der Waals surface area (Å²) in [5.74, 6) is 0. The van der Waals surface area contributed by atoms with Crippen LogP contribution in [0.1, 0.15) is 26.3 Å². The standard InChI is InChI=1S/C13H17ClN4O2S/c1-13(2,3)20-12(19)17-10-6-4-5-9(14)8(10)7-16-18-11(15)21/h4-7H,1-3H3,(H,17,19)(H3,15,18,21). The zero-order valence-electron chi connectivity index (χ0n) is 11.9. The Morgan fingerprint density at radius 3 is 2.71 bits per heavy atom. The maximum Gasteiger partial charge on any atom is 0.412 e. The summed E-state index contributed by atoms with van der Waals surface area (Å²) in [7, 11) is 0. The number of hydrazone groups is 1. The molecule has 0 radical (unpaired) electrons. The molecule has 1 amide bonds. The van der Waals surface area contributed by atoms with Gasteiger partial charge in [-0.1, -0.05) is 17.7 Å². The molecule has 0 aliphatic carbocycles. The first-order valence-electron chi connectivity index (χ1n) is 6.06. The minimum Gasteiger partial charge on any atom is -0.444 e. The Labute approximate surface area is 133 Å². The summed E-state index contributed by atoms with van der Waals surface area (Å²) in [5.41, 5.74) is 8.06. The average molecular weight is 329 g/mol. The molecule has 0 spiro atoms. The van der Waals surface area contributed by atoms with Crippen LogP contribution in [0.2, 0.25) is 5.02 Å².